The summed E-state index contributed by atoms with van der Waals surface area (Å²) in [7, 11) is 1.63. The minimum Gasteiger partial charge on any atom is -0.497 e. The number of ether oxygens (including phenoxy) is 1. The van der Waals surface area contributed by atoms with Crippen LogP contribution in [0, 0.1) is 6.92 Å². The molecular weight excluding hydrogens is 296 g/mol. The largest absolute Gasteiger partial charge is 0.497 e. The Labute approximate surface area is 134 Å². The maximum absolute atomic E-state index is 12.4. The summed E-state index contributed by atoms with van der Waals surface area (Å²) < 4.78 is 10.3. The first-order valence-electron chi connectivity index (χ1n) is 7.65. The lowest BCUT2D eigenvalue weighted by Gasteiger charge is -2.22. The first-order valence-corrected chi connectivity index (χ1v) is 7.65. The van der Waals surface area contributed by atoms with Crippen LogP contribution in [0.15, 0.2) is 28.8 Å². The molecule has 1 aliphatic heterocycles. The molecule has 1 N–H and O–H groups in total. The standard InChI is InChI=1S/C16H20N4O3/c1-11-18-15(23-19-11)14-4-3-9-20(14)16(21)17-10-12-5-7-13(22-2)8-6-12/h5-8,14H,3-4,9-10H2,1-2H3,(H,17,21). The van der Waals surface area contributed by atoms with Crippen molar-refractivity contribution in [1.82, 2.24) is 20.4 Å². The molecule has 1 aromatic carbocycles. The molecule has 0 radical (unpaired) electrons. The van der Waals surface area contributed by atoms with E-state index in [1.165, 1.54) is 0 Å². The number of aromatic nitrogens is 2. The topological polar surface area (TPSA) is 80.5 Å². The van der Waals surface area contributed by atoms with E-state index in [1.807, 2.05) is 24.3 Å². The zero-order valence-corrected chi connectivity index (χ0v) is 13.3. The fraction of sp³-hybridized carbons (Fsp3) is 0.438. The molecule has 2 heterocycles. The highest BCUT2D eigenvalue weighted by atomic mass is 16.5. The molecular formula is C16H20N4O3. The van der Waals surface area contributed by atoms with Crippen molar-refractivity contribution in [1.29, 1.82) is 0 Å². The van der Waals surface area contributed by atoms with Crippen LogP contribution >= 0.6 is 0 Å². The number of methoxy groups -OCH3 is 1. The molecule has 0 saturated carbocycles. The summed E-state index contributed by atoms with van der Waals surface area (Å²) in [4.78, 5) is 18.4. The molecule has 2 amide bonds. The van der Waals surface area contributed by atoms with Crippen LogP contribution in [0.5, 0.6) is 5.75 Å². The number of urea groups is 1. The zero-order chi connectivity index (χ0) is 16.2. The number of carbonyl (C=O) groups is 1. The summed E-state index contributed by atoms with van der Waals surface area (Å²) in [5, 5.41) is 6.75. The van der Waals surface area contributed by atoms with Gasteiger partial charge in [-0.2, -0.15) is 4.98 Å². The molecule has 1 saturated heterocycles. The maximum atomic E-state index is 12.4. The van der Waals surface area contributed by atoms with Crippen LogP contribution in [0.2, 0.25) is 0 Å². The van der Waals surface area contributed by atoms with E-state index in [-0.39, 0.29) is 12.1 Å². The van der Waals surface area contributed by atoms with Crippen LogP contribution in [0.25, 0.3) is 0 Å². The fourth-order valence-electron chi connectivity index (χ4n) is 2.74. The van der Waals surface area contributed by atoms with Crippen LogP contribution in [0.1, 0.15) is 36.2 Å². The van der Waals surface area contributed by atoms with Gasteiger partial charge in [0.15, 0.2) is 5.82 Å². The van der Waals surface area contributed by atoms with E-state index in [0.717, 1.165) is 24.2 Å². The van der Waals surface area contributed by atoms with Gasteiger partial charge in [0.1, 0.15) is 11.8 Å². The number of rotatable bonds is 4. The highest BCUT2D eigenvalue weighted by Crippen LogP contribution is 2.30. The van der Waals surface area contributed by atoms with Gasteiger partial charge in [-0.25, -0.2) is 4.79 Å². The first-order chi connectivity index (χ1) is 11.2. The van der Waals surface area contributed by atoms with E-state index in [2.05, 4.69) is 15.5 Å². The Morgan fingerprint density at radius 1 is 1.43 bits per heavy atom. The molecule has 0 spiro atoms. The van der Waals surface area contributed by atoms with Crippen LogP contribution < -0.4 is 10.1 Å². The minimum atomic E-state index is -0.132. The summed E-state index contributed by atoms with van der Waals surface area (Å²) in [6.45, 7) is 2.94. The van der Waals surface area contributed by atoms with Crippen molar-refractivity contribution >= 4 is 6.03 Å². The smallest absolute Gasteiger partial charge is 0.318 e. The van der Waals surface area contributed by atoms with Crippen LogP contribution in [-0.2, 0) is 6.54 Å². The van der Waals surface area contributed by atoms with E-state index in [1.54, 1.807) is 18.9 Å². The van der Waals surface area contributed by atoms with E-state index in [4.69, 9.17) is 9.26 Å². The van der Waals surface area contributed by atoms with Gasteiger partial charge in [-0.1, -0.05) is 17.3 Å². The molecule has 1 unspecified atom stereocenters. The quantitative estimate of drug-likeness (QED) is 0.937. The lowest BCUT2D eigenvalue weighted by Crippen LogP contribution is -2.39. The van der Waals surface area contributed by atoms with E-state index in [0.29, 0.717) is 24.8 Å². The van der Waals surface area contributed by atoms with Gasteiger partial charge >= 0.3 is 6.03 Å². The Balaban J connectivity index is 1.60. The van der Waals surface area contributed by atoms with Gasteiger partial charge in [-0.15, -0.1) is 0 Å². The van der Waals surface area contributed by atoms with Gasteiger partial charge in [0, 0.05) is 13.1 Å². The first kappa shape index (κ1) is 15.3. The molecule has 7 nitrogen and oxygen atoms in total. The second-order valence-electron chi connectivity index (χ2n) is 5.54. The summed E-state index contributed by atoms with van der Waals surface area (Å²) in [5.41, 5.74) is 1.02. The van der Waals surface area contributed by atoms with E-state index in [9.17, 15) is 4.79 Å². The van der Waals surface area contributed by atoms with Crippen molar-refractivity contribution in [2.75, 3.05) is 13.7 Å². The molecule has 0 bridgehead atoms. The van der Waals surface area contributed by atoms with Gasteiger partial charge < -0.3 is 19.5 Å². The Bertz CT molecular complexity index is 668. The Morgan fingerprint density at radius 3 is 2.87 bits per heavy atom. The van der Waals surface area contributed by atoms with Crippen LogP contribution in [0.4, 0.5) is 4.79 Å². The predicted molar refractivity (Wildman–Crippen MR) is 82.9 cm³/mol. The Hall–Kier alpha value is -2.57. The van der Waals surface area contributed by atoms with Gasteiger partial charge in [0.2, 0.25) is 5.89 Å². The highest BCUT2D eigenvalue weighted by Gasteiger charge is 2.33. The van der Waals surface area contributed by atoms with Crippen molar-refractivity contribution in [2.45, 2.75) is 32.4 Å². The third kappa shape index (κ3) is 3.44. The normalized spacial score (nSPS) is 17.3. The number of hydrogen-bond acceptors (Lipinski definition) is 5. The zero-order valence-electron chi connectivity index (χ0n) is 13.3. The van der Waals surface area contributed by atoms with Crippen molar-refractivity contribution in [3.8, 4) is 5.75 Å². The van der Waals surface area contributed by atoms with Crippen molar-refractivity contribution in [3.05, 3.63) is 41.5 Å². The van der Waals surface area contributed by atoms with Crippen LogP contribution in [0.3, 0.4) is 0 Å². The predicted octanol–water partition coefficient (Wildman–Crippen LogP) is 2.43. The van der Waals surface area contributed by atoms with Gasteiger partial charge in [0.25, 0.3) is 0 Å². The lowest BCUT2D eigenvalue weighted by atomic mass is 10.2. The molecule has 7 heteroatoms. The van der Waals surface area contributed by atoms with Gasteiger partial charge in [0.05, 0.1) is 7.11 Å². The van der Waals surface area contributed by atoms with Crippen molar-refractivity contribution in [2.24, 2.45) is 0 Å². The summed E-state index contributed by atoms with van der Waals surface area (Å²) in [6, 6.07) is 7.37. The summed E-state index contributed by atoms with van der Waals surface area (Å²) >= 11 is 0. The molecule has 0 aliphatic carbocycles. The third-order valence-electron chi connectivity index (χ3n) is 3.94. The third-order valence-corrected chi connectivity index (χ3v) is 3.94. The Kier molecular flexibility index (Phi) is 4.45. The van der Waals surface area contributed by atoms with Crippen molar-refractivity contribution in [3.63, 3.8) is 0 Å². The lowest BCUT2D eigenvalue weighted by molar-refractivity contribution is 0.180. The molecule has 1 fully saturated rings. The number of benzene rings is 1. The molecule has 23 heavy (non-hydrogen) atoms. The monoisotopic (exact) mass is 316 g/mol. The molecule has 1 aromatic heterocycles. The highest BCUT2D eigenvalue weighted by molar-refractivity contribution is 5.75. The van der Waals surface area contributed by atoms with Crippen LogP contribution in [-0.4, -0.2) is 34.7 Å². The van der Waals surface area contributed by atoms with E-state index >= 15 is 0 Å². The Morgan fingerprint density at radius 2 is 2.22 bits per heavy atom. The average Bonchev–Trinajstić information content (AvgIpc) is 3.21. The molecule has 1 aliphatic rings. The van der Waals surface area contributed by atoms with E-state index < -0.39 is 0 Å². The minimum absolute atomic E-state index is 0.112. The molecule has 122 valence electrons. The number of amides is 2. The summed E-state index contributed by atoms with van der Waals surface area (Å²) in [6.07, 6.45) is 1.78. The number of nitrogens with one attached hydrogen (secondary N) is 1. The molecule has 3 rings (SSSR count). The number of aryl methyl sites for hydroxylation is 1. The maximum Gasteiger partial charge on any atom is 0.318 e. The molecule has 1 atom stereocenters. The average molecular weight is 316 g/mol. The van der Waals surface area contributed by atoms with Gasteiger partial charge in [-0.3, -0.25) is 0 Å². The number of likely N-dealkylation sites (tertiary alicyclic amines) is 1. The number of hydrogen-bond donors (Lipinski definition) is 1. The van der Waals surface area contributed by atoms with Gasteiger partial charge in [-0.05, 0) is 37.5 Å². The number of nitrogens with zero attached hydrogens (tertiary/aromatic N) is 3. The number of carbonyl (C=O) groups excluding carboxylic acids is 1. The second kappa shape index (κ2) is 6.68. The SMILES string of the molecule is COc1ccc(CNC(=O)N2CCCC2c2nc(C)no2)cc1. The summed E-state index contributed by atoms with van der Waals surface area (Å²) in [5.74, 6) is 1.90. The second-order valence-corrected chi connectivity index (χ2v) is 5.54. The van der Waals surface area contributed by atoms with Crippen molar-refractivity contribution < 1.29 is 14.1 Å². The molecule has 2 aromatic rings. The fourth-order valence-corrected chi connectivity index (χ4v) is 2.74.